The number of ketones is 1. The molecule has 9 heteroatoms. The molecule has 3 fully saturated rings. The lowest BCUT2D eigenvalue weighted by atomic mass is 9.90. The van der Waals surface area contributed by atoms with Gasteiger partial charge in [0, 0.05) is 55.4 Å². The molecule has 0 atom stereocenters. The van der Waals surface area contributed by atoms with E-state index in [2.05, 4.69) is 9.88 Å². The van der Waals surface area contributed by atoms with Crippen molar-refractivity contribution < 1.29 is 23.5 Å². The molecule has 0 bridgehead atoms. The predicted molar refractivity (Wildman–Crippen MR) is 158 cm³/mol. The number of H-pyrrole nitrogens is 1. The van der Waals surface area contributed by atoms with Gasteiger partial charge in [0.15, 0.2) is 0 Å². The molecule has 8 nitrogen and oxygen atoms in total. The highest BCUT2D eigenvalue weighted by Gasteiger charge is 2.33. The molecule has 6 rings (SSSR count). The van der Waals surface area contributed by atoms with Crippen LogP contribution in [0.3, 0.4) is 0 Å². The summed E-state index contributed by atoms with van der Waals surface area (Å²) in [4.78, 5) is 49.5. The topological polar surface area (TPSA) is 86.0 Å². The summed E-state index contributed by atoms with van der Waals surface area (Å²) in [6.45, 7) is 4.65. The maximum atomic E-state index is 13.7. The van der Waals surface area contributed by atoms with Crippen molar-refractivity contribution in [3.8, 4) is 5.75 Å². The Labute approximate surface area is 245 Å². The van der Waals surface area contributed by atoms with Crippen LogP contribution < -0.4 is 4.74 Å². The smallest absolute Gasteiger partial charge is 0.295 e. The van der Waals surface area contributed by atoms with E-state index in [0.717, 1.165) is 50.8 Å². The molecule has 3 aliphatic heterocycles. The number of aromatic amines is 1. The number of hydrogen-bond donors (Lipinski definition) is 1. The zero-order chi connectivity index (χ0) is 29.2. The van der Waals surface area contributed by atoms with Gasteiger partial charge in [0.25, 0.3) is 17.6 Å². The van der Waals surface area contributed by atoms with Gasteiger partial charge in [0.1, 0.15) is 11.6 Å². The number of likely N-dealkylation sites (tertiary alicyclic amines) is 3. The molecule has 2 aromatic carbocycles. The SMILES string of the molecule is COc1cc2[nH]cc(C(=O)C(=O)N3CCC(N4CCCC4)CC3)c2cc1C(=O)N1CCC(Cc2ccc(F)cc2)CC1. The number of nitrogens with zero attached hydrogens (tertiary/aromatic N) is 3. The fourth-order valence-electron chi connectivity index (χ4n) is 6.94. The van der Waals surface area contributed by atoms with Crippen molar-refractivity contribution in [1.82, 2.24) is 19.7 Å². The highest BCUT2D eigenvalue weighted by molar-refractivity contribution is 6.45. The number of piperidine rings is 2. The number of nitrogens with one attached hydrogen (secondary N) is 1. The molecule has 0 aliphatic carbocycles. The van der Waals surface area contributed by atoms with Crippen LogP contribution in [0.1, 0.15) is 64.8 Å². The zero-order valence-corrected chi connectivity index (χ0v) is 24.2. The van der Waals surface area contributed by atoms with Crippen LogP contribution in [-0.4, -0.2) is 89.7 Å². The maximum absolute atomic E-state index is 13.7. The largest absolute Gasteiger partial charge is 0.496 e. The summed E-state index contributed by atoms with van der Waals surface area (Å²) < 4.78 is 18.8. The summed E-state index contributed by atoms with van der Waals surface area (Å²) in [5.41, 5.74) is 2.41. The summed E-state index contributed by atoms with van der Waals surface area (Å²) in [5, 5.41) is 0.552. The molecule has 1 aromatic heterocycles. The predicted octanol–water partition coefficient (Wildman–Crippen LogP) is 4.68. The number of carbonyl (C=O) groups is 3. The van der Waals surface area contributed by atoms with Crippen LogP contribution in [-0.2, 0) is 11.2 Å². The summed E-state index contributed by atoms with van der Waals surface area (Å²) >= 11 is 0. The van der Waals surface area contributed by atoms with Crippen molar-refractivity contribution in [1.29, 1.82) is 0 Å². The second-order valence-corrected chi connectivity index (χ2v) is 12.0. The van der Waals surface area contributed by atoms with Gasteiger partial charge in [-0.05, 0) is 87.7 Å². The third-order valence-electron chi connectivity index (χ3n) is 9.42. The average molecular weight is 575 g/mol. The van der Waals surface area contributed by atoms with Crippen molar-refractivity contribution in [2.24, 2.45) is 5.92 Å². The fourth-order valence-corrected chi connectivity index (χ4v) is 6.94. The highest BCUT2D eigenvalue weighted by Crippen LogP contribution is 2.31. The molecule has 0 radical (unpaired) electrons. The number of benzene rings is 2. The standard InChI is InChI=1S/C33H39FN4O4/c1-42-30-20-29-26(19-27(30)32(40)37-14-8-23(9-15-37)18-22-4-6-24(34)7-5-22)28(21-35-29)31(39)33(41)38-16-10-25(11-17-38)36-12-2-3-13-36/h4-7,19-21,23,25,35H,2-3,8-18H2,1H3. The molecule has 0 unspecified atom stereocenters. The van der Waals surface area contributed by atoms with E-state index < -0.39 is 11.7 Å². The first-order valence-corrected chi connectivity index (χ1v) is 15.2. The number of Topliss-reactive ketones (excluding diaryl/α,β-unsaturated/α-hetero) is 1. The zero-order valence-electron chi connectivity index (χ0n) is 24.2. The second-order valence-electron chi connectivity index (χ2n) is 12.0. The molecule has 42 heavy (non-hydrogen) atoms. The van der Waals surface area contributed by atoms with Gasteiger partial charge in [-0.2, -0.15) is 0 Å². The van der Waals surface area contributed by atoms with Crippen LogP contribution in [0.5, 0.6) is 5.75 Å². The van der Waals surface area contributed by atoms with Crippen LogP contribution >= 0.6 is 0 Å². The summed E-state index contributed by atoms with van der Waals surface area (Å²) in [5.74, 6) is -0.571. The van der Waals surface area contributed by atoms with Crippen molar-refractivity contribution in [3.63, 3.8) is 0 Å². The monoisotopic (exact) mass is 574 g/mol. The summed E-state index contributed by atoms with van der Waals surface area (Å²) in [6, 6.07) is 10.5. The third-order valence-corrected chi connectivity index (χ3v) is 9.42. The first kappa shape index (κ1) is 28.4. The first-order valence-electron chi connectivity index (χ1n) is 15.2. The van der Waals surface area contributed by atoms with Crippen LogP contribution in [0, 0.1) is 11.7 Å². The Balaban J connectivity index is 1.13. The normalized spacial score (nSPS) is 19.0. The van der Waals surface area contributed by atoms with Crippen LogP contribution in [0.25, 0.3) is 10.9 Å². The minimum atomic E-state index is -0.550. The van der Waals surface area contributed by atoms with Crippen LogP contribution in [0.15, 0.2) is 42.6 Å². The maximum Gasteiger partial charge on any atom is 0.295 e. The Morgan fingerprint density at radius 3 is 2.21 bits per heavy atom. The Morgan fingerprint density at radius 1 is 0.881 bits per heavy atom. The first-order chi connectivity index (χ1) is 20.4. The van der Waals surface area contributed by atoms with Gasteiger partial charge in [-0.1, -0.05) is 12.1 Å². The Morgan fingerprint density at radius 2 is 1.55 bits per heavy atom. The third kappa shape index (κ3) is 5.79. The van der Waals surface area contributed by atoms with E-state index >= 15 is 0 Å². The molecule has 0 spiro atoms. The van der Waals surface area contributed by atoms with Gasteiger partial charge in [-0.25, -0.2) is 4.39 Å². The number of aromatic nitrogens is 1. The number of fused-ring (bicyclic) bond motifs is 1. The molecule has 0 saturated carbocycles. The number of hydrogen-bond acceptors (Lipinski definition) is 5. The molecule has 3 saturated heterocycles. The fraction of sp³-hybridized carbons (Fsp3) is 0.485. The molecule has 222 valence electrons. The van der Waals surface area contributed by atoms with E-state index in [1.165, 1.54) is 32.1 Å². The van der Waals surface area contributed by atoms with E-state index in [-0.39, 0.29) is 17.3 Å². The lowest BCUT2D eigenvalue weighted by Gasteiger charge is -2.36. The van der Waals surface area contributed by atoms with Crippen molar-refractivity contribution in [2.75, 3.05) is 46.4 Å². The minimum Gasteiger partial charge on any atom is -0.496 e. The van der Waals surface area contributed by atoms with Crippen LogP contribution in [0.4, 0.5) is 4.39 Å². The van der Waals surface area contributed by atoms with E-state index in [1.54, 1.807) is 23.2 Å². The number of rotatable bonds is 7. The number of methoxy groups -OCH3 is 1. The number of halogens is 1. The van der Waals surface area contributed by atoms with E-state index in [9.17, 15) is 18.8 Å². The molecule has 3 aliphatic rings. The molecule has 4 heterocycles. The van der Waals surface area contributed by atoms with Gasteiger partial charge in [-0.3, -0.25) is 14.4 Å². The van der Waals surface area contributed by atoms with Crippen molar-refractivity contribution in [2.45, 2.75) is 51.0 Å². The van der Waals surface area contributed by atoms with E-state index in [0.29, 0.717) is 60.4 Å². The molecular weight excluding hydrogens is 535 g/mol. The Bertz CT molecular complexity index is 1450. The van der Waals surface area contributed by atoms with Crippen molar-refractivity contribution in [3.05, 3.63) is 65.1 Å². The van der Waals surface area contributed by atoms with Gasteiger partial charge in [0.2, 0.25) is 0 Å². The van der Waals surface area contributed by atoms with E-state index in [4.69, 9.17) is 4.74 Å². The quantitative estimate of drug-likeness (QED) is 0.327. The molecule has 2 amide bonds. The van der Waals surface area contributed by atoms with E-state index in [1.807, 2.05) is 17.0 Å². The highest BCUT2D eigenvalue weighted by atomic mass is 19.1. The molecule has 1 N–H and O–H groups in total. The summed E-state index contributed by atoms with van der Waals surface area (Å²) in [7, 11) is 1.52. The molecular formula is C33H39FN4O4. The van der Waals surface area contributed by atoms with Crippen molar-refractivity contribution >= 4 is 28.5 Å². The van der Waals surface area contributed by atoms with Gasteiger partial charge >= 0.3 is 0 Å². The number of amides is 2. The lowest BCUT2D eigenvalue weighted by Crippen LogP contribution is -2.47. The second kappa shape index (κ2) is 12.3. The Hall–Kier alpha value is -3.72. The van der Waals surface area contributed by atoms with Gasteiger partial charge in [-0.15, -0.1) is 0 Å². The average Bonchev–Trinajstić information content (AvgIpc) is 3.71. The lowest BCUT2D eigenvalue weighted by molar-refractivity contribution is -0.127. The molecule has 3 aromatic rings. The Kier molecular flexibility index (Phi) is 8.29. The minimum absolute atomic E-state index is 0.149. The number of carbonyl (C=O) groups excluding carboxylic acids is 3. The summed E-state index contributed by atoms with van der Waals surface area (Å²) in [6.07, 6.45) is 8.39. The van der Waals surface area contributed by atoms with Gasteiger partial charge < -0.3 is 24.4 Å². The van der Waals surface area contributed by atoms with Crippen LogP contribution in [0.2, 0.25) is 0 Å². The van der Waals surface area contributed by atoms with Gasteiger partial charge in [0.05, 0.1) is 18.2 Å². The number of ether oxygens (including phenoxy) is 1.